The zero-order chi connectivity index (χ0) is 45.0. The summed E-state index contributed by atoms with van der Waals surface area (Å²) in [5.41, 5.74) is 19.1. The maximum Gasteiger partial charge on any atom is 0.0862 e. The monoisotopic (exact) mass is 916 g/mol. The lowest BCUT2D eigenvalue weighted by Gasteiger charge is -2.47. The highest BCUT2D eigenvalue weighted by Crippen LogP contribution is 2.59. The summed E-state index contributed by atoms with van der Waals surface area (Å²) in [6.45, 7) is 0.851. The summed E-state index contributed by atoms with van der Waals surface area (Å²) in [4.78, 5) is 6.10. The van der Waals surface area contributed by atoms with Gasteiger partial charge >= 0.3 is 0 Å². The Hall–Kier alpha value is -4.82. The van der Waals surface area contributed by atoms with Crippen LogP contribution >= 0.6 is 11.3 Å². The van der Waals surface area contributed by atoms with Gasteiger partial charge in [0.25, 0.3) is 0 Å². The summed E-state index contributed by atoms with van der Waals surface area (Å²) < 4.78 is 0. The summed E-state index contributed by atoms with van der Waals surface area (Å²) in [5, 5.41) is 16.9. The van der Waals surface area contributed by atoms with Gasteiger partial charge in [0.1, 0.15) is 0 Å². The third-order valence-corrected chi connectivity index (χ3v) is 18.7. The van der Waals surface area contributed by atoms with Crippen molar-refractivity contribution < 1.29 is 0 Å². The van der Waals surface area contributed by atoms with Crippen molar-refractivity contribution in [2.24, 2.45) is 17.8 Å². The van der Waals surface area contributed by atoms with E-state index in [4.69, 9.17) is 0 Å². The fraction of sp³-hybridized carbons (Fsp3) is 0.419. The summed E-state index contributed by atoms with van der Waals surface area (Å²) >= 11 is 2.16. The first-order chi connectivity index (χ1) is 33.7. The van der Waals surface area contributed by atoms with Crippen molar-refractivity contribution >= 4 is 39.8 Å². The number of thiophene rings is 1. The standard InChI is InChI=1S/C62H69N5S/c1-6-18-40(19-7-1)44-30-32-48(41-20-8-2-9-21-41)51(36-44)46-38-53(62-65-60(42-22-10-3-11-23-42)64-61(66-62)43-24-12-4-13-25-43)58(63-39-46)45-31-34-55-52(37-45)57-56(68-55)35-33-50-49-28-16-17-29-54(49)67(59(50)57)47-26-14-5-15-27-47/h3,5,8,10-11,14-15,18,20-24,26-27,29-30,32,36-38,49-50,53,58-66H,1-2,4,6-7,9,12-13,16-17,19,25,28,31,33-35,39H2. The van der Waals surface area contributed by atoms with E-state index in [1.807, 2.05) is 0 Å². The Labute approximate surface area is 409 Å². The van der Waals surface area contributed by atoms with Crippen LogP contribution in [-0.4, -0.2) is 24.9 Å². The molecule has 3 aliphatic heterocycles. The molecule has 4 heterocycles. The second-order valence-corrected chi connectivity index (χ2v) is 22.5. The van der Waals surface area contributed by atoms with Gasteiger partial charge in [-0.15, -0.1) is 11.3 Å². The third-order valence-electron chi connectivity index (χ3n) is 17.3. The Kier molecular flexibility index (Phi) is 12.0. The molecule has 5 nitrogen and oxygen atoms in total. The topological polar surface area (TPSA) is 51.4 Å². The highest BCUT2D eigenvalue weighted by molar-refractivity contribution is 7.12. The first-order valence-electron chi connectivity index (χ1n) is 26.8. The average molecular weight is 916 g/mol. The summed E-state index contributed by atoms with van der Waals surface area (Å²) in [5.74, 6) is 1.50. The molecule has 2 fully saturated rings. The quantitative estimate of drug-likeness (QED) is 0.133. The fourth-order valence-corrected chi connectivity index (χ4v) is 15.4. The number of fused-ring (bicyclic) bond motifs is 7. The SMILES string of the molecule is C1=CC(c2ccc(C3=CCCCC3)cc2C2=CC(C3NC(C4=CCCCC4)NC(c4ccccc4)N3)C(C3=Cc4c(sc5c4C4C(CC5)C5CCCC=C5N4c4ccccc4)CC3)NC2)=CCC1. The van der Waals surface area contributed by atoms with Crippen molar-refractivity contribution in [1.29, 1.82) is 0 Å². The van der Waals surface area contributed by atoms with Gasteiger partial charge < -0.3 is 10.2 Å². The number of para-hydroxylation sites is 1. The Morgan fingerprint density at radius 1 is 0.618 bits per heavy atom. The minimum atomic E-state index is 0.0290. The highest BCUT2D eigenvalue weighted by Gasteiger charge is 2.51. The summed E-state index contributed by atoms with van der Waals surface area (Å²) in [6.07, 6.45) is 41.2. The lowest BCUT2D eigenvalue weighted by molar-refractivity contribution is 0.168. The molecule has 2 saturated heterocycles. The van der Waals surface area contributed by atoms with Gasteiger partial charge in [-0.25, -0.2) is 0 Å². The molecular formula is C62H69N5S. The maximum absolute atomic E-state index is 4.37. The second kappa shape index (κ2) is 18.8. The molecule has 13 rings (SSSR count). The van der Waals surface area contributed by atoms with Crippen LogP contribution in [0.4, 0.5) is 5.69 Å². The zero-order valence-corrected chi connectivity index (χ0v) is 40.6. The van der Waals surface area contributed by atoms with E-state index in [0.29, 0.717) is 17.9 Å². The molecule has 9 aliphatic rings. The molecule has 6 aliphatic carbocycles. The molecule has 1 aromatic heterocycles. The van der Waals surface area contributed by atoms with Crippen LogP contribution in [0, 0.1) is 17.8 Å². The number of allylic oxidation sites excluding steroid dienone is 9. The number of benzene rings is 3. The first-order valence-corrected chi connectivity index (χ1v) is 27.6. The van der Waals surface area contributed by atoms with E-state index in [-0.39, 0.29) is 30.5 Å². The fourth-order valence-electron chi connectivity index (χ4n) is 14.1. The Bertz CT molecular complexity index is 2770. The lowest BCUT2D eigenvalue weighted by atomic mass is 9.73. The number of hydrogen-bond donors (Lipinski definition) is 4. The van der Waals surface area contributed by atoms with Crippen LogP contribution in [0.25, 0.3) is 22.8 Å². The second-order valence-electron chi connectivity index (χ2n) is 21.3. The Balaban J connectivity index is 0.937. The van der Waals surface area contributed by atoms with Crippen molar-refractivity contribution in [2.75, 3.05) is 11.4 Å². The molecule has 6 heteroatoms. The van der Waals surface area contributed by atoms with E-state index in [1.54, 1.807) is 32.2 Å². The van der Waals surface area contributed by atoms with Crippen LogP contribution in [0.5, 0.6) is 0 Å². The summed E-state index contributed by atoms with van der Waals surface area (Å²) in [7, 11) is 0. The van der Waals surface area contributed by atoms with Crippen molar-refractivity contribution in [2.45, 2.75) is 140 Å². The molecule has 8 atom stereocenters. The van der Waals surface area contributed by atoms with Gasteiger partial charge in [0, 0.05) is 45.6 Å². The maximum atomic E-state index is 4.37. The molecule has 0 spiro atoms. The molecule has 0 radical (unpaired) electrons. The minimum absolute atomic E-state index is 0.0290. The Morgan fingerprint density at radius 3 is 2.28 bits per heavy atom. The molecule has 4 aromatic rings. The molecule has 0 amide bonds. The zero-order valence-electron chi connectivity index (χ0n) is 39.8. The number of nitrogens with one attached hydrogen (secondary N) is 4. The number of aryl methyl sites for hydroxylation is 2. The molecule has 3 aromatic carbocycles. The van der Waals surface area contributed by atoms with Crippen LogP contribution in [0.15, 0.2) is 138 Å². The van der Waals surface area contributed by atoms with Gasteiger partial charge in [-0.1, -0.05) is 115 Å². The van der Waals surface area contributed by atoms with Gasteiger partial charge in [-0.3, -0.25) is 16.0 Å². The van der Waals surface area contributed by atoms with Crippen molar-refractivity contribution in [3.63, 3.8) is 0 Å². The number of anilines is 1. The average Bonchev–Trinajstić information content (AvgIpc) is 3.97. The van der Waals surface area contributed by atoms with Gasteiger partial charge in [0.05, 0.1) is 24.5 Å². The molecule has 4 N–H and O–H groups in total. The van der Waals surface area contributed by atoms with Crippen molar-refractivity contribution in [3.05, 3.63) is 181 Å². The smallest absolute Gasteiger partial charge is 0.0862 e. The molecule has 0 saturated carbocycles. The number of hydrogen-bond acceptors (Lipinski definition) is 6. The van der Waals surface area contributed by atoms with Crippen molar-refractivity contribution in [3.8, 4) is 0 Å². The van der Waals surface area contributed by atoms with Crippen LogP contribution < -0.4 is 26.2 Å². The number of nitrogens with zero attached hydrogens (tertiary/aromatic N) is 1. The van der Waals surface area contributed by atoms with Gasteiger partial charge in [-0.05, 0) is 189 Å². The molecular weight excluding hydrogens is 847 g/mol. The van der Waals surface area contributed by atoms with Crippen molar-refractivity contribution in [1.82, 2.24) is 21.3 Å². The largest absolute Gasteiger partial charge is 0.337 e. The van der Waals surface area contributed by atoms with Crippen LogP contribution in [0.2, 0.25) is 0 Å². The lowest BCUT2D eigenvalue weighted by Crippen LogP contribution is -2.68. The van der Waals surface area contributed by atoms with Crippen LogP contribution in [0.1, 0.15) is 152 Å². The molecule has 0 bridgehead atoms. The van der Waals surface area contributed by atoms with Gasteiger partial charge in [0.15, 0.2) is 0 Å². The van der Waals surface area contributed by atoms with E-state index in [0.717, 1.165) is 38.6 Å². The van der Waals surface area contributed by atoms with Gasteiger partial charge in [0.2, 0.25) is 0 Å². The number of rotatable bonds is 8. The third kappa shape index (κ3) is 8.02. The van der Waals surface area contributed by atoms with Gasteiger partial charge in [-0.2, -0.15) is 0 Å². The minimum Gasteiger partial charge on any atom is -0.337 e. The summed E-state index contributed by atoms with van der Waals surface area (Å²) in [6, 6.07) is 30.6. The predicted octanol–water partition coefficient (Wildman–Crippen LogP) is 13.9. The highest BCUT2D eigenvalue weighted by atomic mass is 32.1. The van der Waals surface area contributed by atoms with E-state index in [1.165, 1.54) is 127 Å². The first kappa shape index (κ1) is 43.2. The molecule has 348 valence electrons. The van der Waals surface area contributed by atoms with Crippen LogP contribution in [-0.2, 0) is 12.8 Å². The van der Waals surface area contributed by atoms with E-state index in [9.17, 15) is 0 Å². The van der Waals surface area contributed by atoms with E-state index < -0.39 is 0 Å². The van der Waals surface area contributed by atoms with Crippen LogP contribution in [0.3, 0.4) is 0 Å². The Morgan fingerprint density at radius 2 is 1.46 bits per heavy atom. The van der Waals surface area contributed by atoms with E-state index >= 15 is 0 Å². The predicted molar refractivity (Wildman–Crippen MR) is 285 cm³/mol. The normalized spacial score (nSPS) is 30.1. The molecule has 8 unspecified atom stereocenters. The van der Waals surface area contributed by atoms with E-state index in [2.05, 4.69) is 165 Å². The molecule has 68 heavy (non-hydrogen) atoms.